The largest absolute Gasteiger partial charge is 0.466 e. The van der Waals surface area contributed by atoms with Gasteiger partial charge in [0.15, 0.2) is 0 Å². The molecule has 3 rings (SSSR count). The molecule has 2 amide bonds. The van der Waals surface area contributed by atoms with Crippen LogP contribution in [0.1, 0.15) is 21.6 Å². The van der Waals surface area contributed by atoms with Gasteiger partial charge in [-0.1, -0.05) is 12.1 Å². The molecule has 2 heterocycles. The number of rotatable bonds is 6. The first kappa shape index (κ1) is 19.2. The van der Waals surface area contributed by atoms with Crippen LogP contribution >= 0.6 is 23.1 Å². The zero-order chi connectivity index (χ0) is 19.2. The van der Waals surface area contributed by atoms with Crippen LogP contribution in [0.4, 0.5) is 5.69 Å². The summed E-state index contributed by atoms with van der Waals surface area (Å²) in [7, 11) is 0. The summed E-state index contributed by atoms with van der Waals surface area (Å²) < 4.78 is 5.20. The molecule has 8 heteroatoms. The lowest BCUT2D eigenvalue weighted by Crippen LogP contribution is -2.34. The molecule has 1 aromatic carbocycles. The number of amides is 2. The Morgan fingerprint density at radius 2 is 1.96 bits per heavy atom. The molecule has 0 aliphatic rings. The fourth-order valence-corrected chi connectivity index (χ4v) is 3.90. The summed E-state index contributed by atoms with van der Waals surface area (Å²) in [6, 6.07) is 14.3. The van der Waals surface area contributed by atoms with Gasteiger partial charge < -0.3 is 20.2 Å². The topological polar surface area (TPSA) is 91.6 Å². The Hall–Kier alpha value is -2.55. The number of hydrogen-bond acceptors (Lipinski definition) is 6. The van der Waals surface area contributed by atoms with Gasteiger partial charge in [0.25, 0.3) is 0 Å². The number of furan rings is 1. The number of aliphatic hydroxyl groups is 1. The van der Waals surface area contributed by atoms with Crippen LogP contribution in [-0.2, 0) is 16.1 Å². The van der Waals surface area contributed by atoms with E-state index in [9.17, 15) is 14.7 Å². The van der Waals surface area contributed by atoms with Gasteiger partial charge in [-0.3, -0.25) is 9.59 Å². The Morgan fingerprint density at radius 1 is 1.15 bits per heavy atom. The standard InChI is InChI=1S/C19H18N2O4S2/c1-26-15-7-3-2-5-13(15)21-19(24)18(23)20-11-12-8-9-16(27-12)17(22)14-6-4-10-25-14/h2-10,17,22H,11H2,1H3,(H,20,23)(H,21,24)/t17-/m0/s1. The molecule has 140 valence electrons. The Bertz CT molecular complexity index is 921. The van der Waals surface area contributed by atoms with Gasteiger partial charge in [0.05, 0.1) is 18.5 Å². The van der Waals surface area contributed by atoms with E-state index < -0.39 is 17.9 Å². The zero-order valence-electron chi connectivity index (χ0n) is 14.5. The van der Waals surface area contributed by atoms with Gasteiger partial charge in [-0.2, -0.15) is 0 Å². The molecule has 27 heavy (non-hydrogen) atoms. The molecule has 0 saturated carbocycles. The summed E-state index contributed by atoms with van der Waals surface area (Å²) in [5.74, 6) is -0.976. The number of thioether (sulfide) groups is 1. The first-order valence-corrected chi connectivity index (χ1v) is 10.1. The Kier molecular flexibility index (Phi) is 6.33. The number of nitrogens with one attached hydrogen (secondary N) is 2. The van der Waals surface area contributed by atoms with Crippen molar-refractivity contribution in [2.24, 2.45) is 0 Å². The third-order valence-electron chi connectivity index (χ3n) is 3.75. The number of aliphatic hydroxyl groups excluding tert-OH is 1. The zero-order valence-corrected chi connectivity index (χ0v) is 16.1. The van der Waals surface area contributed by atoms with Crippen LogP contribution in [0.5, 0.6) is 0 Å². The van der Waals surface area contributed by atoms with Crippen molar-refractivity contribution in [2.45, 2.75) is 17.5 Å². The van der Waals surface area contributed by atoms with E-state index in [0.29, 0.717) is 16.3 Å². The van der Waals surface area contributed by atoms with Crippen molar-refractivity contribution in [3.63, 3.8) is 0 Å². The summed E-state index contributed by atoms with van der Waals surface area (Å²) in [5, 5.41) is 15.4. The number of carbonyl (C=O) groups excluding carboxylic acids is 2. The number of carbonyl (C=O) groups is 2. The van der Waals surface area contributed by atoms with Crippen molar-refractivity contribution in [2.75, 3.05) is 11.6 Å². The van der Waals surface area contributed by atoms with Gasteiger partial charge in [-0.15, -0.1) is 23.1 Å². The highest BCUT2D eigenvalue weighted by Gasteiger charge is 2.18. The highest BCUT2D eigenvalue weighted by atomic mass is 32.2. The van der Waals surface area contributed by atoms with Gasteiger partial charge in [0.2, 0.25) is 0 Å². The van der Waals surface area contributed by atoms with Gasteiger partial charge in [0.1, 0.15) is 11.9 Å². The van der Waals surface area contributed by atoms with E-state index in [0.717, 1.165) is 9.77 Å². The average Bonchev–Trinajstić information content (AvgIpc) is 3.38. The third kappa shape index (κ3) is 4.79. The fourth-order valence-electron chi connectivity index (χ4n) is 2.40. The predicted molar refractivity (Wildman–Crippen MR) is 106 cm³/mol. The van der Waals surface area contributed by atoms with E-state index in [4.69, 9.17) is 4.42 Å². The number of thiophene rings is 1. The molecule has 0 aliphatic carbocycles. The first-order valence-electron chi connectivity index (χ1n) is 8.10. The maximum absolute atomic E-state index is 12.1. The summed E-state index contributed by atoms with van der Waals surface area (Å²) in [5.41, 5.74) is 0.602. The molecule has 0 bridgehead atoms. The fraction of sp³-hybridized carbons (Fsp3) is 0.158. The molecule has 3 aromatic rings. The number of para-hydroxylation sites is 1. The van der Waals surface area contributed by atoms with Gasteiger partial charge in [-0.25, -0.2) is 0 Å². The van der Waals surface area contributed by atoms with Crippen molar-refractivity contribution < 1.29 is 19.1 Å². The third-order valence-corrected chi connectivity index (χ3v) is 5.68. The average molecular weight is 402 g/mol. The molecule has 2 aromatic heterocycles. The summed E-state index contributed by atoms with van der Waals surface area (Å²) in [6.07, 6.45) is 2.55. The minimum Gasteiger partial charge on any atom is -0.466 e. The number of anilines is 1. The lowest BCUT2D eigenvalue weighted by Gasteiger charge is -2.09. The maximum Gasteiger partial charge on any atom is 0.313 e. The van der Waals surface area contributed by atoms with E-state index in [2.05, 4.69) is 10.6 Å². The molecule has 3 N–H and O–H groups in total. The maximum atomic E-state index is 12.1. The van der Waals surface area contributed by atoms with Crippen molar-refractivity contribution >= 4 is 40.6 Å². The molecule has 6 nitrogen and oxygen atoms in total. The van der Waals surface area contributed by atoms with E-state index in [-0.39, 0.29) is 6.54 Å². The van der Waals surface area contributed by atoms with Crippen LogP contribution < -0.4 is 10.6 Å². The number of benzene rings is 1. The van der Waals surface area contributed by atoms with Gasteiger partial charge in [-0.05, 0) is 42.7 Å². The van der Waals surface area contributed by atoms with Crippen LogP contribution in [0.3, 0.4) is 0 Å². The van der Waals surface area contributed by atoms with Crippen molar-refractivity contribution in [3.05, 3.63) is 70.3 Å². The van der Waals surface area contributed by atoms with Crippen molar-refractivity contribution in [1.29, 1.82) is 0 Å². The second-order valence-electron chi connectivity index (χ2n) is 5.56. The predicted octanol–water partition coefficient (Wildman–Crippen LogP) is 3.40. The molecule has 0 spiro atoms. The monoisotopic (exact) mass is 402 g/mol. The highest BCUT2D eigenvalue weighted by molar-refractivity contribution is 7.98. The second-order valence-corrected chi connectivity index (χ2v) is 7.61. The lowest BCUT2D eigenvalue weighted by atomic mass is 10.2. The molecule has 0 saturated heterocycles. The summed E-state index contributed by atoms with van der Waals surface area (Å²) in [6.45, 7) is 0.200. The van der Waals surface area contributed by atoms with Crippen molar-refractivity contribution in [3.8, 4) is 0 Å². The molecule has 0 fully saturated rings. The van der Waals surface area contributed by atoms with Crippen LogP contribution in [0, 0.1) is 0 Å². The quantitative estimate of drug-likeness (QED) is 0.434. The molecule has 0 unspecified atom stereocenters. The molecule has 0 radical (unpaired) electrons. The molecule has 1 atom stereocenters. The van der Waals surface area contributed by atoms with Gasteiger partial charge >= 0.3 is 11.8 Å². The van der Waals surface area contributed by atoms with Gasteiger partial charge in [0, 0.05) is 14.6 Å². The highest BCUT2D eigenvalue weighted by Crippen LogP contribution is 2.28. The molecular weight excluding hydrogens is 384 g/mol. The van der Waals surface area contributed by atoms with E-state index in [1.54, 1.807) is 36.4 Å². The summed E-state index contributed by atoms with van der Waals surface area (Å²) >= 11 is 2.83. The van der Waals surface area contributed by atoms with Crippen LogP contribution in [0.25, 0.3) is 0 Å². The van der Waals surface area contributed by atoms with E-state index in [1.807, 2.05) is 18.4 Å². The summed E-state index contributed by atoms with van der Waals surface area (Å²) in [4.78, 5) is 26.6. The minimum atomic E-state index is -0.846. The normalized spacial score (nSPS) is 11.8. The van der Waals surface area contributed by atoms with Crippen molar-refractivity contribution in [1.82, 2.24) is 5.32 Å². The Labute approximate surface area is 164 Å². The SMILES string of the molecule is CSc1ccccc1NC(=O)C(=O)NCc1ccc([C@@H](O)c2ccco2)s1. The minimum absolute atomic E-state index is 0.200. The first-order chi connectivity index (χ1) is 13.1. The van der Waals surface area contributed by atoms with Crippen LogP contribution in [0.2, 0.25) is 0 Å². The molecule has 0 aliphatic heterocycles. The molecular formula is C19H18N2O4S2. The Morgan fingerprint density at radius 3 is 2.70 bits per heavy atom. The van der Waals surface area contributed by atoms with E-state index in [1.165, 1.54) is 29.4 Å². The van der Waals surface area contributed by atoms with Crippen LogP contribution in [-0.4, -0.2) is 23.2 Å². The smallest absolute Gasteiger partial charge is 0.313 e. The van der Waals surface area contributed by atoms with E-state index >= 15 is 0 Å². The second kappa shape index (κ2) is 8.90. The Balaban J connectivity index is 1.55. The van der Waals surface area contributed by atoms with Crippen LogP contribution in [0.15, 0.2) is 64.1 Å². The number of hydrogen-bond donors (Lipinski definition) is 3. The lowest BCUT2D eigenvalue weighted by molar-refractivity contribution is -0.136.